The van der Waals surface area contributed by atoms with E-state index >= 15 is 0 Å². The van der Waals surface area contributed by atoms with Crippen LogP contribution in [0.25, 0.3) is 5.69 Å². The molecule has 1 aliphatic rings. The number of amides is 1. The number of anilines is 1. The number of thioether (sulfide) groups is 2. The molecule has 4 rings (SSSR count). The number of fused-ring (bicyclic) bond motifs is 1. The summed E-state index contributed by atoms with van der Waals surface area (Å²) in [6.07, 6.45) is 0.726. The molecule has 0 saturated carbocycles. The Labute approximate surface area is 204 Å². The molecule has 1 N–H and O–H groups in total. The molecule has 3 aromatic rings. The van der Waals surface area contributed by atoms with Crippen LogP contribution in [0, 0.1) is 6.92 Å². The SMILES string of the molecule is COc1ccc(-n2c(SCC(=O)Nc3ccc(C)c(Cl)c3)nc3c(c2=O)SCC3)cc1OC. The average molecular weight is 504 g/mol. The van der Waals surface area contributed by atoms with Gasteiger partial charge >= 0.3 is 0 Å². The van der Waals surface area contributed by atoms with E-state index in [2.05, 4.69) is 5.32 Å². The summed E-state index contributed by atoms with van der Waals surface area (Å²) in [6, 6.07) is 10.6. The maximum absolute atomic E-state index is 13.3. The van der Waals surface area contributed by atoms with Gasteiger partial charge < -0.3 is 14.8 Å². The number of carbonyl (C=O) groups excluding carboxylic acids is 1. The number of hydrogen-bond donors (Lipinski definition) is 1. The number of nitrogens with zero attached hydrogens (tertiary/aromatic N) is 2. The lowest BCUT2D eigenvalue weighted by molar-refractivity contribution is -0.113. The number of benzene rings is 2. The average Bonchev–Trinajstić information content (AvgIpc) is 3.29. The van der Waals surface area contributed by atoms with Gasteiger partial charge in [0.1, 0.15) is 0 Å². The Balaban J connectivity index is 1.64. The van der Waals surface area contributed by atoms with E-state index < -0.39 is 0 Å². The maximum atomic E-state index is 13.3. The Morgan fingerprint density at radius 3 is 2.73 bits per heavy atom. The highest BCUT2D eigenvalue weighted by atomic mass is 35.5. The molecule has 0 saturated heterocycles. The van der Waals surface area contributed by atoms with E-state index in [0.717, 1.165) is 23.4 Å². The molecule has 1 aromatic heterocycles. The van der Waals surface area contributed by atoms with Crippen LogP contribution in [0.1, 0.15) is 11.3 Å². The lowest BCUT2D eigenvalue weighted by atomic mass is 10.2. The van der Waals surface area contributed by atoms with Gasteiger partial charge in [0, 0.05) is 29.0 Å². The first-order valence-electron chi connectivity index (χ1n) is 10.1. The Bertz CT molecular complexity index is 1280. The molecule has 0 bridgehead atoms. The van der Waals surface area contributed by atoms with Crippen LogP contribution in [-0.4, -0.2) is 41.2 Å². The first kappa shape index (κ1) is 23.5. The molecule has 0 aliphatic carbocycles. The van der Waals surface area contributed by atoms with Crippen LogP contribution >= 0.6 is 35.1 Å². The van der Waals surface area contributed by atoms with E-state index in [1.807, 2.05) is 13.0 Å². The number of rotatable bonds is 7. The van der Waals surface area contributed by atoms with E-state index in [9.17, 15) is 9.59 Å². The van der Waals surface area contributed by atoms with Crippen molar-refractivity contribution in [2.75, 3.05) is 31.0 Å². The molecule has 10 heteroatoms. The summed E-state index contributed by atoms with van der Waals surface area (Å²) in [5, 5.41) is 3.87. The summed E-state index contributed by atoms with van der Waals surface area (Å²) >= 11 is 8.86. The number of nitrogens with one attached hydrogen (secondary N) is 1. The monoisotopic (exact) mass is 503 g/mol. The normalized spacial score (nSPS) is 12.4. The van der Waals surface area contributed by atoms with Gasteiger partial charge in [-0.25, -0.2) is 4.98 Å². The summed E-state index contributed by atoms with van der Waals surface area (Å²) in [5.74, 6) is 1.73. The largest absolute Gasteiger partial charge is 0.493 e. The number of aryl methyl sites for hydroxylation is 2. The lowest BCUT2D eigenvalue weighted by Gasteiger charge is -2.15. The van der Waals surface area contributed by atoms with Crippen LogP contribution < -0.4 is 20.3 Å². The van der Waals surface area contributed by atoms with Crippen molar-refractivity contribution in [1.82, 2.24) is 9.55 Å². The molecule has 1 amide bonds. The molecule has 2 heterocycles. The van der Waals surface area contributed by atoms with E-state index in [1.165, 1.54) is 28.1 Å². The van der Waals surface area contributed by atoms with Crippen LogP contribution in [0.5, 0.6) is 11.5 Å². The summed E-state index contributed by atoms with van der Waals surface area (Å²) < 4.78 is 12.2. The molecule has 0 fully saturated rings. The van der Waals surface area contributed by atoms with Gasteiger partial charge in [0.15, 0.2) is 16.7 Å². The molecule has 0 radical (unpaired) electrons. The fourth-order valence-electron chi connectivity index (χ4n) is 3.38. The van der Waals surface area contributed by atoms with Gasteiger partial charge in [-0.3, -0.25) is 14.2 Å². The summed E-state index contributed by atoms with van der Waals surface area (Å²) in [4.78, 5) is 31.3. The number of halogens is 1. The predicted molar refractivity (Wildman–Crippen MR) is 133 cm³/mol. The van der Waals surface area contributed by atoms with Crippen LogP contribution in [0.15, 0.2) is 51.2 Å². The third-order valence-corrected chi connectivity index (χ3v) is 7.53. The Morgan fingerprint density at radius 2 is 2.00 bits per heavy atom. The van der Waals surface area contributed by atoms with Crippen molar-refractivity contribution in [2.45, 2.75) is 23.4 Å². The van der Waals surface area contributed by atoms with Crippen molar-refractivity contribution in [3.63, 3.8) is 0 Å². The first-order valence-corrected chi connectivity index (χ1v) is 12.5. The molecule has 0 atom stereocenters. The molecular formula is C23H22ClN3O4S2. The second kappa shape index (κ2) is 10.1. The highest BCUT2D eigenvalue weighted by Crippen LogP contribution is 2.33. The zero-order chi connectivity index (χ0) is 23.5. The molecule has 0 spiro atoms. The minimum absolute atomic E-state index is 0.0805. The van der Waals surface area contributed by atoms with Crippen molar-refractivity contribution in [1.29, 1.82) is 0 Å². The number of ether oxygens (including phenoxy) is 2. The van der Waals surface area contributed by atoms with E-state index in [4.69, 9.17) is 26.1 Å². The number of methoxy groups -OCH3 is 2. The Hall–Kier alpha value is -2.62. The zero-order valence-electron chi connectivity index (χ0n) is 18.3. The van der Waals surface area contributed by atoms with Crippen molar-refractivity contribution >= 4 is 46.7 Å². The van der Waals surface area contributed by atoms with Crippen LogP contribution in [0.3, 0.4) is 0 Å². The number of aromatic nitrogens is 2. The molecule has 2 aromatic carbocycles. The number of hydrogen-bond acceptors (Lipinski definition) is 7. The fraction of sp³-hybridized carbons (Fsp3) is 0.261. The van der Waals surface area contributed by atoms with Crippen molar-refractivity contribution in [3.8, 4) is 17.2 Å². The van der Waals surface area contributed by atoms with Gasteiger partial charge in [-0.1, -0.05) is 29.4 Å². The minimum Gasteiger partial charge on any atom is -0.493 e. The van der Waals surface area contributed by atoms with E-state index in [-0.39, 0.29) is 17.2 Å². The van der Waals surface area contributed by atoms with Crippen LogP contribution in [-0.2, 0) is 11.2 Å². The topological polar surface area (TPSA) is 82.5 Å². The summed E-state index contributed by atoms with van der Waals surface area (Å²) in [6.45, 7) is 1.90. The lowest BCUT2D eigenvalue weighted by Crippen LogP contribution is -2.24. The molecular weight excluding hydrogens is 482 g/mol. The molecule has 7 nitrogen and oxygen atoms in total. The molecule has 0 unspecified atom stereocenters. The molecule has 33 heavy (non-hydrogen) atoms. The van der Waals surface area contributed by atoms with Crippen molar-refractivity contribution < 1.29 is 14.3 Å². The molecule has 1 aliphatic heterocycles. The highest BCUT2D eigenvalue weighted by molar-refractivity contribution is 8.00. The Morgan fingerprint density at radius 1 is 1.21 bits per heavy atom. The van der Waals surface area contributed by atoms with Gasteiger partial charge in [0.05, 0.1) is 36.2 Å². The van der Waals surface area contributed by atoms with Gasteiger partial charge in [-0.2, -0.15) is 0 Å². The third-order valence-electron chi connectivity index (χ3n) is 5.08. The second-order valence-corrected chi connectivity index (χ2v) is 9.70. The van der Waals surface area contributed by atoms with Crippen molar-refractivity contribution in [2.24, 2.45) is 0 Å². The maximum Gasteiger partial charge on any atom is 0.272 e. The highest BCUT2D eigenvalue weighted by Gasteiger charge is 2.23. The van der Waals surface area contributed by atoms with Gasteiger partial charge in [-0.15, -0.1) is 11.8 Å². The van der Waals surface area contributed by atoms with E-state index in [1.54, 1.807) is 44.6 Å². The predicted octanol–water partition coefficient (Wildman–Crippen LogP) is 4.59. The van der Waals surface area contributed by atoms with Gasteiger partial charge in [0.25, 0.3) is 5.56 Å². The summed E-state index contributed by atoms with van der Waals surface area (Å²) in [5.41, 5.74) is 2.77. The Kier molecular flexibility index (Phi) is 7.21. The van der Waals surface area contributed by atoms with Crippen LogP contribution in [0.4, 0.5) is 5.69 Å². The number of carbonyl (C=O) groups is 1. The quantitative estimate of drug-likeness (QED) is 0.373. The van der Waals surface area contributed by atoms with Gasteiger partial charge in [0.2, 0.25) is 5.91 Å². The van der Waals surface area contributed by atoms with Crippen LogP contribution in [0.2, 0.25) is 5.02 Å². The van der Waals surface area contributed by atoms with E-state index in [0.29, 0.717) is 37.9 Å². The standard InChI is InChI=1S/C23H22ClN3O4S2/c1-13-4-5-14(10-16(13)24)25-20(28)12-33-23-26-17-8-9-32-21(17)22(29)27(23)15-6-7-18(30-2)19(11-15)31-3/h4-7,10-11H,8-9,12H2,1-3H3,(H,25,28). The van der Waals surface area contributed by atoms with Gasteiger partial charge in [-0.05, 0) is 36.8 Å². The first-order chi connectivity index (χ1) is 15.9. The van der Waals surface area contributed by atoms with Crippen molar-refractivity contribution in [3.05, 3.63) is 63.0 Å². The third kappa shape index (κ3) is 5.00. The molecule has 172 valence electrons. The second-order valence-electron chi connectivity index (χ2n) is 7.25. The zero-order valence-corrected chi connectivity index (χ0v) is 20.7. The minimum atomic E-state index is -0.220. The fourth-order valence-corrected chi connectivity index (χ4v) is 5.41. The smallest absolute Gasteiger partial charge is 0.272 e. The summed E-state index contributed by atoms with van der Waals surface area (Å²) in [7, 11) is 3.09.